The maximum Gasteiger partial charge on any atom is 0.304 e. The zero-order valence-corrected chi connectivity index (χ0v) is 12.0. The molecule has 0 aromatic carbocycles. The predicted molar refractivity (Wildman–Crippen MR) is 72.7 cm³/mol. The standard InChI is InChI=1S/C12H18N2O5S/c1-3-4-13-12(17)9(2)14-5-6-20(18,19)8-10(14)7-11(15)16/h1,9-10H,4-8H2,2H3,(H,13,17)(H,15,16). The number of carbonyl (C=O) groups is 2. The minimum Gasteiger partial charge on any atom is -0.481 e. The van der Waals surface area contributed by atoms with Gasteiger partial charge < -0.3 is 10.4 Å². The van der Waals surface area contributed by atoms with Crippen molar-refractivity contribution >= 4 is 21.7 Å². The monoisotopic (exact) mass is 302 g/mol. The summed E-state index contributed by atoms with van der Waals surface area (Å²) in [6.45, 7) is 1.84. The van der Waals surface area contributed by atoms with E-state index in [2.05, 4.69) is 11.2 Å². The van der Waals surface area contributed by atoms with Crippen molar-refractivity contribution in [1.82, 2.24) is 10.2 Å². The average molecular weight is 302 g/mol. The molecular formula is C12H18N2O5S. The minimum absolute atomic E-state index is 0.0735. The highest BCUT2D eigenvalue weighted by molar-refractivity contribution is 7.91. The highest BCUT2D eigenvalue weighted by Crippen LogP contribution is 2.18. The molecule has 2 unspecified atom stereocenters. The van der Waals surface area contributed by atoms with Crippen molar-refractivity contribution < 1.29 is 23.1 Å². The Kier molecular flexibility index (Phi) is 5.53. The van der Waals surface area contributed by atoms with Crippen molar-refractivity contribution in [3.05, 3.63) is 0 Å². The molecule has 1 rings (SSSR count). The van der Waals surface area contributed by atoms with Crippen LogP contribution in [0.4, 0.5) is 0 Å². The number of aliphatic carboxylic acids is 1. The Morgan fingerprint density at radius 3 is 2.75 bits per heavy atom. The Hall–Kier alpha value is -1.59. The van der Waals surface area contributed by atoms with Crippen LogP contribution in [0.2, 0.25) is 0 Å². The second kappa shape index (κ2) is 6.72. The zero-order chi connectivity index (χ0) is 15.3. The summed E-state index contributed by atoms with van der Waals surface area (Å²) in [5.41, 5.74) is 0. The van der Waals surface area contributed by atoms with E-state index in [0.29, 0.717) is 0 Å². The Morgan fingerprint density at radius 1 is 1.55 bits per heavy atom. The number of nitrogens with zero attached hydrogens (tertiary/aromatic N) is 1. The Balaban J connectivity index is 2.82. The van der Waals surface area contributed by atoms with E-state index in [1.54, 1.807) is 11.8 Å². The molecule has 1 heterocycles. The molecule has 0 aromatic heterocycles. The molecule has 2 N–H and O–H groups in total. The fourth-order valence-corrected chi connectivity index (χ4v) is 3.77. The van der Waals surface area contributed by atoms with Crippen LogP contribution in [0.15, 0.2) is 0 Å². The fourth-order valence-electron chi connectivity index (χ4n) is 2.22. The van der Waals surface area contributed by atoms with Crippen LogP contribution < -0.4 is 5.32 Å². The molecule has 8 heteroatoms. The lowest BCUT2D eigenvalue weighted by atomic mass is 10.1. The highest BCUT2D eigenvalue weighted by atomic mass is 32.2. The highest BCUT2D eigenvalue weighted by Gasteiger charge is 2.37. The van der Waals surface area contributed by atoms with Gasteiger partial charge in [0.15, 0.2) is 9.84 Å². The van der Waals surface area contributed by atoms with Gasteiger partial charge in [-0.15, -0.1) is 6.42 Å². The number of hydrogen-bond acceptors (Lipinski definition) is 5. The van der Waals surface area contributed by atoms with Gasteiger partial charge >= 0.3 is 5.97 Å². The first-order chi connectivity index (χ1) is 9.26. The molecule has 1 aliphatic rings. The average Bonchev–Trinajstić information content (AvgIpc) is 2.33. The van der Waals surface area contributed by atoms with Crippen molar-refractivity contribution in [2.24, 2.45) is 0 Å². The Labute approximate surface area is 118 Å². The third-order valence-electron chi connectivity index (χ3n) is 3.23. The number of hydrogen-bond donors (Lipinski definition) is 2. The number of carboxylic acids is 1. The molecule has 0 bridgehead atoms. The maximum absolute atomic E-state index is 11.8. The second-order valence-corrected chi connectivity index (χ2v) is 6.93. The lowest BCUT2D eigenvalue weighted by molar-refractivity contribution is -0.139. The molecule has 1 aliphatic heterocycles. The summed E-state index contributed by atoms with van der Waals surface area (Å²) in [5.74, 6) is 0.530. The Bertz CT molecular complexity index is 522. The summed E-state index contributed by atoms with van der Waals surface area (Å²) in [5, 5.41) is 11.4. The van der Waals surface area contributed by atoms with E-state index in [0.717, 1.165) is 0 Å². The molecule has 112 valence electrons. The number of sulfone groups is 1. The number of nitrogens with one attached hydrogen (secondary N) is 1. The van der Waals surface area contributed by atoms with E-state index in [1.807, 2.05) is 0 Å². The van der Waals surface area contributed by atoms with Gasteiger partial charge in [0.2, 0.25) is 5.91 Å². The molecular weight excluding hydrogens is 284 g/mol. The smallest absolute Gasteiger partial charge is 0.304 e. The van der Waals surface area contributed by atoms with Crippen molar-refractivity contribution in [2.45, 2.75) is 25.4 Å². The third-order valence-corrected chi connectivity index (χ3v) is 4.92. The summed E-state index contributed by atoms with van der Waals surface area (Å²) in [6.07, 6.45) is 4.74. The molecule has 1 amide bonds. The summed E-state index contributed by atoms with van der Waals surface area (Å²) in [7, 11) is -3.26. The summed E-state index contributed by atoms with van der Waals surface area (Å²) in [6, 6.07) is -1.32. The van der Waals surface area contributed by atoms with Crippen LogP contribution in [-0.2, 0) is 19.4 Å². The van der Waals surface area contributed by atoms with Crippen LogP contribution in [0, 0.1) is 12.3 Å². The van der Waals surface area contributed by atoms with Crippen LogP contribution in [-0.4, -0.2) is 67.0 Å². The van der Waals surface area contributed by atoms with Crippen LogP contribution in [0.1, 0.15) is 13.3 Å². The van der Waals surface area contributed by atoms with Gasteiger partial charge in [-0.25, -0.2) is 8.42 Å². The third kappa shape index (κ3) is 4.51. The van der Waals surface area contributed by atoms with Gasteiger partial charge in [-0.05, 0) is 6.92 Å². The molecule has 2 atom stereocenters. The van der Waals surface area contributed by atoms with E-state index in [4.69, 9.17) is 11.5 Å². The first-order valence-corrected chi connectivity index (χ1v) is 7.98. The summed E-state index contributed by atoms with van der Waals surface area (Å²) in [4.78, 5) is 24.3. The van der Waals surface area contributed by atoms with E-state index < -0.39 is 27.9 Å². The lowest BCUT2D eigenvalue weighted by Gasteiger charge is -2.38. The molecule has 20 heavy (non-hydrogen) atoms. The molecule has 0 aliphatic carbocycles. The molecule has 1 saturated heterocycles. The van der Waals surface area contributed by atoms with Gasteiger partial charge in [0.05, 0.1) is 30.5 Å². The van der Waals surface area contributed by atoms with Crippen LogP contribution in [0.25, 0.3) is 0 Å². The van der Waals surface area contributed by atoms with Gasteiger partial charge in [0.25, 0.3) is 0 Å². The van der Waals surface area contributed by atoms with Crippen LogP contribution in [0.3, 0.4) is 0 Å². The largest absolute Gasteiger partial charge is 0.481 e. The topological polar surface area (TPSA) is 104 Å². The number of carboxylic acid groups (broad SMARTS) is 1. The number of rotatable bonds is 5. The van der Waals surface area contributed by atoms with Crippen LogP contribution >= 0.6 is 0 Å². The van der Waals surface area contributed by atoms with E-state index >= 15 is 0 Å². The quantitative estimate of drug-likeness (QED) is 0.612. The number of terminal acetylenes is 1. The number of carbonyl (C=O) groups excluding carboxylic acids is 1. The van der Waals surface area contributed by atoms with Crippen molar-refractivity contribution in [1.29, 1.82) is 0 Å². The van der Waals surface area contributed by atoms with E-state index in [9.17, 15) is 18.0 Å². The first kappa shape index (κ1) is 16.5. The first-order valence-electron chi connectivity index (χ1n) is 6.16. The molecule has 1 fully saturated rings. The molecule has 0 radical (unpaired) electrons. The van der Waals surface area contributed by atoms with Gasteiger partial charge in [-0.2, -0.15) is 0 Å². The molecule has 0 aromatic rings. The van der Waals surface area contributed by atoms with E-state index in [-0.39, 0.29) is 36.9 Å². The van der Waals surface area contributed by atoms with Gasteiger partial charge in [-0.1, -0.05) is 5.92 Å². The van der Waals surface area contributed by atoms with Crippen molar-refractivity contribution in [2.75, 3.05) is 24.6 Å². The normalized spacial score (nSPS) is 23.5. The van der Waals surface area contributed by atoms with Gasteiger partial charge in [0.1, 0.15) is 0 Å². The molecule has 0 saturated carbocycles. The van der Waals surface area contributed by atoms with Crippen LogP contribution in [0.5, 0.6) is 0 Å². The van der Waals surface area contributed by atoms with Gasteiger partial charge in [0, 0.05) is 12.6 Å². The summed E-state index contributed by atoms with van der Waals surface area (Å²) < 4.78 is 23.2. The predicted octanol–water partition coefficient (Wildman–Crippen LogP) is -1.30. The molecule has 7 nitrogen and oxygen atoms in total. The number of amides is 1. The van der Waals surface area contributed by atoms with Crippen molar-refractivity contribution in [3.63, 3.8) is 0 Å². The lowest BCUT2D eigenvalue weighted by Crippen LogP contribution is -2.56. The van der Waals surface area contributed by atoms with E-state index in [1.165, 1.54) is 0 Å². The minimum atomic E-state index is -3.26. The fraction of sp³-hybridized carbons (Fsp3) is 0.667. The van der Waals surface area contributed by atoms with Crippen molar-refractivity contribution in [3.8, 4) is 12.3 Å². The Morgan fingerprint density at radius 2 is 2.20 bits per heavy atom. The second-order valence-electron chi connectivity index (χ2n) is 4.70. The SMILES string of the molecule is C#CCNC(=O)C(C)N1CCS(=O)(=O)CC1CC(=O)O. The molecule has 0 spiro atoms. The summed E-state index contributed by atoms with van der Waals surface area (Å²) >= 11 is 0. The van der Waals surface area contributed by atoms with Gasteiger partial charge in [-0.3, -0.25) is 14.5 Å². The maximum atomic E-state index is 11.8. The zero-order valence-electron chi connectivity index (χ0n) is 11.2.